The Labute approximate surface area is 251 Å². The Bertz CT molecular complexity index is 1200. The van der Waals surface area contributed by atoms with Crippen LogP contribution in [-0.2, 0) is 29.0 Å². The predicted molar refractivity (Wildman–Crippen MR) is 154 cm³/mol. The van der Waals surface area contributed by atoms with Gasteiger partial charge in [-0.15, -0.1) is 0 Å². The fraction of sp³-hybridized carbons (Fsp3) is 0.515. The largest absolute Gasteiger partial charge is 0.550 e. The van der Waals surface area contributed by atoms with Crippen LogP contribution in [0.4, 0.5) is 9.59 Å². The zero-order valence-corrected chi connectivity index (χ0v) is 25.2. The SMILES string of the molecule is Cc1ccc(C)c(C(=O)OOC(=O)OC2CCC(CC3CCC(OC(=O)OOC(=O)c4cc(C)ccc4C)CC3)CC2)c1. The molecule has 2 aromatic rings. The molecule has 0 radical (unpaired) electrons. The molecule has 2 aromatic carbocycles. The lowest BCUT2D eigenvalue weighted by Crippen LogP contribution is -2.28. The molecule has 0 unspecified atom stereocenters. The van der Waals surface area contributed by atoms with Gasteiger partial charge in [0.2, 0.25) is 0 Å². The number of hydrogen-bond acceptors (Lipinski definition) is 10. The van der Waals surface area contributed by atoms with Gasteiger partial charge in [-0.3, -0.25) is 0 Å². The molecule has 0 aromatic heterocycles. The number of aryl methyl sites for hydroxylation is 4. The highest BCUT2D eigenvalue weighted by molar-refractivity contribution is 5.91. The van der Waals surface area contributed by atoms with Gasteiger partial charge in [-0.1, -0.05) is 35.4 Å². The second kappa shape index (κ2) is 14.9. The Morgan fingerprint density at radius 2 is 0.930 bits per heavy atom. The fourth-order valence-electron chi connectivity index (χ4n) is 5.90. The molecular formula is C33H40O10. The molecule has 2 aliphatic carbocycles. The van der Waals surface area contributed by atoms with E-state index >= 15 is 0 Å². The minimum Gasteiger partial charge on any atom is -0.428 e. The first-order valence-corrected chi connectivity index (χ1v) is 14.9. The first kappa shape index (κ1) is 31.8. The molecule has 0 atom stereocenters. The molecule has 0 amide bonds. The van der Waals surface area contributed by atoms with Gasteiger partial charge < -0.3 is 9.47 Å². The number of hydrogen-bond donors (Lipinski definition) is 0. The maximum Gasteiger partial charge on any atom is 0.550 e. The number of carbonyl (C=O) groups excluding carboxylic acids is 4. The van der Waals surface area contributed by atoms with E-state index in [1.165, 1.54) is 0 Å². The van der Waals surface area contributed by atoms with Crippen LogP contribution in [0.2, 0.25) is 0 Å². The molecule has 4 rings (SSSR count). The standard InChI is InChI=1S/C33H40O10/c1-20-5-7-22(3)28(17-20)30(34)40-42-32(36)38-26-13-9-24(10-14-26)19-25-11-15-27(16-12-25)39-33(37)43-41-31(35)29-18-21(2)6-8-23(29)4/h5-8,17-18,24-27H,9-16,19H2,1-4H3. The van der Waals surface area contributed by atoms with Crippen molar-refractivity contribution in [3.63, 3.8) is 0 Å². The number of carbonyl (C=O) groups is 4. The van der Waals surface area contributed by atoms with Crippen molar-refractivity contribution in [2.45, 2.75) is 97.7 Å². The van der Waals surface area contributed by atoms with E-state index in [0.29, 0.717) is 23.0 Å². The highest BCUT2D eigenvalue weighted by Crippen LogP contribution is 2.37. The second-order valence-electron chi connectivity index (χ2n) is 11.8. The van der Waals surface area contributed by atoms with Crippen LogP contribution < -0.4 is 0 Å². The Morgan fingerprint density at radius 1 is 0.558 bits per heavy atom. The van der Waals surface area contributed by atoms with E-state index in [1.807, 2.05) is 26.0 Å². The third kappa shape index (κ3) is 9.46. The van der Waals surface area contributed by atoms with E-state index in [4.69, 9.17) is 19.2 Å². The summed E-state index contributed by atoms with van der Waals surface area (Å²) in [5, 5.41) is 0. The van der Waals surface area contributed by atoms with E-state index in [9.17, 15) is 19.2 Å². The Hall–Kier alpha value is -4.08. The summed E-state index contributed by atoms with van der Waals surface area (Å²) >= 11 is 0. The summed E-state index contributed by atoms with van der Waals surface area (Å²) in [4.78, 5) is 67.3. The van der Waals surface area contributed by atoms with Crippen molar-refractivity contribution in [3.05, 3.63) is 69.8 Å². The molecule has 43 heavy (non-hydrogen) atoms. The topological polar surface area (TPSA) is 124 Å². The molecule has 10 heteroatoms. The second-order valence-corrected chi connectivity index (χ2v) is 11.8. The molecule has 2 saturated carbocycles. The van der Waals surface area contributed by atoms with Crippen LogP contribution in [0.25, 0.3) is 0 Å². The van der Waals surface area contributed by atoms with Crippen LogP contribution in [0.3, 0.4) is 0 Å². The molecule has 0 aliphatic heterocycles. The van der Waals surface area contributed by atoms with Crippen LogP contribution in [0.15, 0.2) is 36.4 Å². The van der Waals surface area contributed by atoms with Crippen LogP contribution in [0.1, 0.15) is 101 Å². The minimum atomic E-state index is -1.01. The van der Waals surface area contributed by atoms with Gasteiger partial charge >= 0.3 is 24.2 Å². The molecule has 0 saturated heterocycles. The van der Waals surface area contributed by atoms with Crippen LogP contribution >= 0.6 is 0 Å². The maximum atomic E-state index is 12.2. The third-order valence-corrected chi connectivity index (χ3v) is 8.38. The number of benzene rings is 2. The molecule has 10 nitrogen and oxygen atoms in total. The summed E-state index contributed by atoms with van der Waals surface area (Å²) in [6, 6.07) is 10.7. The van der Waals surface area contributed by atoms with Crippen molar-refractivity contribution in [1.29, 1.82) is 0 Å². The van der Waals surface area contributed by atoms with E-state index in [2.05, 4.69) is 9.78 Å². The zero-order chi connectivity index (χ0) is 30.9. The maximum absolute atomic E-state index is 12.2. The Morgan fingerprint density at radius 3 is 1.30 bits per heavy atom. The quantitative estimate of drug-likeness (QED) is 0.187. The van der Waals surface area contributed by atoms with Crippen molar-refractivity contribution in [2.75, 3.05) is 0 Å². The van der Waals surface area contributed by atoms with E-state index < -0.39 is 24.2 Å². The van der Waals surface area contributed by atoms with Gasteiger partial charge in [-0.2, -0.15) is 9.59 Å². The average molecular weight is 597 g/mol. The summed E-state index contributed by atoms with van der Waals surface area (Å²) in [6.45, 7) is 7.27. The molecular weight excluding hydrogens is 556 g/mol. The van der Waals surface area contributed by atoms with Gasteiger partial charge in [0.15, 0.2) is 0 Å². The third-order valence-electron chi connectivity index (χ3n) is 8.38. The van der Waals surface area contributed by atoms with Gasteiger partial charge in [0, 0.05) is 0 Å². The van der Waals surface area contributed by atoms with Gasteiger partial charge in [-0.25, -0.2) is 29.1 Å². The Kier molecular flexibility index (Phi) is 11.0. The summed E-state index contributed by atoms with van der Waals surface area (Å²) in [5.74, 6) is -0.434. The lowest BCUT2D eigenvalue weighted by atomic mass is 9.76. The van der Waals surface area contributed by atoms with Crippen molar-refractivity contribution >= 4 is 24.2 Å². The summed E-state index contributed by atoms with van der Waals surface area (Å²) < 4.78 is 10.7. The molecule has 2 fully saturated rings. The van der Waals surface area contributed by atoms with Gasteiger partial charge in [0.05, 0.1) is 11.1 Å². The molecule has 0 spiro atoms. The first-order valence-electron chi connectivity index (χ1n) is 14.9. The van der Waals surface area contributed by atoms with E-state index in [1.54, 1.807) is 38.1 Å². The number of ether oxygens (including phenoxy) is 2. The van der Waals surface area contributed by atoms with Gasteiger partial charge in [0.1, 0.15) is 12.2 Å². The van der Waals surface area contributed by atoms with Crippen LogP contribution in [0, 0.1) is 39.5 Å². The highest BCUT2D eigenvalue weighted by Gasteiger charge is 2.30. The molecule has 232 valence electrons. The van der Waals surface area contributed by atoms with Crippen LogP contribution in [-0.4, -0.2) is 36.5 Å². The normalized spacial score (nSPS) is 21.7. The fourth-order valence-corrected chi connectivity index (χ4v) is 5.90. The van der Waals surface area contributed by atoms with Crippen LogP contribution in [0.5, 0.6) is 0 Å². The van der Waals surface area contributed by atoms with Crippen molar-refractivity contribution < 1.29 is 48.2 Å². The molecule has 0 N–H and O–H groups in total. The summed E-state index contributed by atoms with van der Waals surface area (Å²) in [7, 11) is 0. The predicted octanol–water partition coefficient (Wildman–Crippen LogP) is 7.58. The van der Waals surface area contributed by atoms with Crippen molar-refractivity contribution in [1.82, 2.24) is 0 Å². The van der Waals surface area contributed by atoms with Crippen molar-refractivity contribution in [3.8, 4) is 0 Å². The smallest absolute Gasteiger partial charge is 0.428 e. The molecule has 2 aliphatic rings. The summed E-state index contributed by atoms with van der Waals surface area (Å²) in [6.07, 6.45) is 5.06. The average Bonchev–Trinajstić information content (AvgIpc) is 2.99. The number of rotatable bonds is 6. The molecule has 0 heterocycles. The summed E-state index contributed by atoms with van der Waals surface area (Å²) in [5.41, 5.74) is 3.91. The van der Waals surface area contributed by atoms with Gasteiger partial charge in [0.25, 0.3) is 0 Å². The zero-order valence-electron chi connectivity index (χ0n) is 25.2. The lowest BCUT2D eigenvalue weighted by molar-refractivity contribution is -0.208. The molecule has 0 bridgehead atoms. The minimum absolute atomic E-state index is 0.276. The van der Waals surface area contributed by atoms with E-state index in [-0.39, 0.29) is 12.2 Å². The first-order chi connectivity index (χ1) is 20.6. The monoisotopic (exact) mass is 596 g/mol. The van der Waals surface area contributed by atoms with Crippen molar-refractivity contribution in [2.24, 2.45) is 11.8 Å². The lowest BCUT2D eigenvalue weighted by Gasteiger charge is -2.33. The van der Waals surface area contributed by atoms with Gasteiger partial charge in [-0.05, 0) is 121 Å². The Balaban J connectivity index is 1.08. The highest BCUT2D eigenvalue weighted by atomic mass is 17.2. The van der Waals surface area contributed by atoms with E-state index in [0.717, 1.165) is 80.0 Å².